The first kappa shape index (κ1) is 26.0. The summed E-state index contributed by atoms with van der Waals surface area (Å²) in [5.41, 5.74) is 0. The van der Waals surface area contributed by atoms with E-state index < -0.39 is 0 Å². The highest BCUT2D eigenvalue weighted by Gasteiger charge is 2.07. The van der Waals surface area contributed by atoms with Crippen LogP contribution in [0.15, 0.2) is 0 Å². The summed E-state index contributed by atoms with van der Waals surface area (Å²) in [4.78, 5) is 45.1. The van der Waals surface area contributed by atoms with E-state index in [2.05, 4.69) is 0 Å². The molecule has 0 bridgehead atoms. The van der Waals surface area contributed by atoms with Crippen LogP contribution in [-0.2, 0) is 38.1 Å². The molecular weight excluding hydrogens is 368 g/mol. The van der Waals surface area contributed by atoms with Crippen LogP contribution in [0.25, 0.3) is 0 Å². The number of carbonyl (C=O) groups excluding carboxylic acids is 4. The van der Waals surface area contributed by atoms with Gasteiger partial charge in [-0.15, -0.1) is 0 Å². The van der Waals surface area contributed by atoms with Gasteiger partial charge in [-0.2, -0.15) is 0 Å². The van der Waals surface area contributed by atoms with E-state index in [1.54, 1.807) is 7.11 Å². The van der Waals surface area contributed by atoms with Crippen molar-refractivity contribution in [3.05, 3.63) is 0 Å². The van der Waals surface area contributed by atoms with Gasteiger partial charge in [0, 0.05) is 33.0 Å². The third-order valence-electron chi connectivity index (χ3n) is 3.76. The summed E-state index contributed by atoms with van der Waals surface area (Å²) < 4.78 is 20.0. The van der Waals surface area contributed by atoms with Crippen molar-refractivity contribution in [1.29, 1.82) is 0 Å². The van der Waals surface area contributed by atoms with E-state index in [1.807, 2.05) is 0 Å². The molecule has 0 spiro atoms. The maximum Gasteiger partial charge on any atom is 0.306 e. The molecule has 162 valence electrons. The van der Waals surface area contributed by atoms with Gasteiger partial charge in [0.25, 0.3) is 0 Å². The lowest BCUT2D eigenvalue weighted by Crippen LogP contribution is -2.10. The van der Waals surface area contributed by atoms with E-state index in [4.69, 9.17) is 18.9 Å². The van der Waals surface area contributed by atoms with Gasteiger partial charge in [-0.25, -0.2) is 0 Å². The summed E-state index contributed by atoms with van der Waals surface area (Å²) in [6, 6.07) is 0. The van der Waals surface area contributed by atoms with Gasteiger partial charge in [-0.05, 0) is 45.4 Å². The fraction of sp³-hybridized carbons (Fsp3) is 0.800. The summed E-state index contributed by atoms with van der Waals surface area (Å²) in [5.74, 6) is -0.977. The van der Waals surface area contributed by atoms with Crippen LogP contribution >= 0.6 is 0 Å². The molecular formula is C20H34O8. The molecule has 0 aliphatic rings. The zero-order valence-electron chi connectivity index (χ0n) is 17.2. The number of esters is 3. The molecule has 0 atom stereocenters. The van der Waals surface area contributed by atoms with Gasteiger partial charge in [0.05, 0.1) is 26.2 Å². The molecule has 0 aliphatic heterocycles. The largest absolute Gasteiger partial charge is 0.466 e. The number of hydrogen-bond donors (Lipinski definition) is 0. The van der Waals surface area contributed by atoms with E-state index in [-0.39, 0.29) is 56.2 Å². The first-order valence-electron chi connectivity index (χ1n) is 9.91. The molecule has 28 heavy (non-hydrogen) atoms. The molecule has 0 aliphatic carbocycles. The van der Waals surface area contributed by atoms with E-state index >= 15 is 0 Å². The maximum absolute atomic E-state index is 11.6. The normalized spacial score (nSPS) is 10.4. The fourth-order valence-corrected chi connectivity index (χ4v) is 2.14. The summed E-state index contributed by atoms with van der Waals surface area (Å²) in [5, 5.41) is 0. The Morgan fingerprint density at radius 2 is 0.929 bits per heavy atom. The second-order valence-corrected chi connectivity index (χ2v) is 6.48. The lowest BCUT2D eigenvalue weighted by Gasteiger charge is -2.06. The first-order chi connectivity index (χ1) is 13.5. The number of methoxy groups -OCH3 is 1. The number of ether oxygens (including phenoxy) is 4. The summed E-state index contributed by atoms with van der Waals surface area (Å²) in [6.45, 7) is 3.01. The smallest absolute Gasteiger partial charge is 0.306 e. The molecule has 0 amide bonds. The maximum atomic E-state index is 11.6. The van der Waals surface area contributed by atoms with Crippen molar-refractivity contribution in [3.63, 3.8) is 0 Å². The fourth-order valence-electron chi connectivity index (χ4n) is 2.14. The van der Waals surface area contributed by atoms with Crippen LogP contribution in [-0.4, -0.2) is 57.2 Å². The minimum atomic E-state index is -0.388. The molecule has 0 fully saturated rings. The highest BCUT2D eigenvalue weighted by atomic mass is 16.5. The number of Topliss-reactive ketones (excluding diaryl/α,β-unsaturated/α-hetero) is 1. The molecule has 0 rings (SSSR count). The van der Waals surface area contributed by atoms with Crippen LogP contribution in [0.1, 0.15) is 71.1 Å². The van der Waals surface area contributed by atoms with E-state index in [0.717, 1.165) is 12.8 Å². The highest BCUT2D eigenvalue weighted by molar-refractivity contribution is 5.80. The molecule has 0 saturated heterocycles. The molecule has 0 N–H and O–H groups in total. The summed E-state index contributed by atoms with van der Waals surface area (Å²) in [6.07, 6.45) is 4.85. The van der Waals surface area contributed by atoms with Crippen LogP contribution < -0.4 is 0 Å². The Hall–Kier alpha value is -1.96. The van der Waals surface area contributed by atoms with Crippen molar-refractivity contribution in [3.8, 4) is 0 Å². The molecule has 0 aromatic heterocycles. The Labute approximate surface area is 167 Å². The number of hydrogen-bond acceptors (Lipinski definition) is 8. The predicted molar refractivity (Wildman–Crippen MR) is 102 cm³/mol. The molecule has 8 nitrogen and oxygen atoms in total. The second-order valence-electron chi connectivity index (χ2n) is 6.48. The number of unbranched alkanes of at least 4 members (excludes halogenated alkanes) is 3. The van der Waals surface area contributed by atoms with Gasteiger partial charge in [0.15, 0.2) is 0 Å². The third-order valence-corrected chi connectivity index (χ3v) is 3.76. The van der Waals surface area contributed by atoms with Crippen LogP contribution in [0, 0.1) is 0 Å². The predicted octanol–water partition coefficient (Wildman–Crippen LogP) is 2.75. The average molecular weight is 402 g/mol. The van der Waals surface area contributed by atoms with Crippen molar-refractivity contribution in [2.75, 3.05) is 33.5 Å². The SMILES string of the molecule is COCCCCOC(=O)CCCCC(=O)OCCCCOC(=O)CCC(C)=O. The van der Waals surface area contributed by atoms with Gasteiger partial charge in [-0.3, -0.25) is 14.4 Å². The Kier molecular flexibility index (Phi) is 17.1. The quantitative estimate of drug-likeness (QED) is 0.196. The van der Waals surface area contributed by atoms with E-state index in [1.165, 1.54) is 6.92 Å². The van der Waals surface area contributed by atoms with Crippen LogP contribution in [0.3, 0.4) is 0 Å². The van der Waals surface area contributed by atoms with Crippen molar-refractivity contribution in [2.24, 2.45) is 0 Å². The molecule has 0 radical (unpaired) electrons. The van der Waals surface area contributed by atoms with Crippen LogP contribution in [0.2, 0.25) is 0 Å². The van der Waals surface area contributed by atoms with E-state index in [0.29, 0.717) is 45.3 Å². The van der Waals surface area contributed by atoms with Crippen molar-refractivity contribution in [1.82, 2.24) is 0 Å². The summed E-state index contributed by atoms with van der Waals surface area (Å²) >= 11 is 0. The average Bonchev–Trinajstić information content (AvgIpc) is 2.66. The first-order valence-corrected chi connectivity index (χ1v) is 9.91. The minimum Gasteiger partial charge on any atom is -0.466 e. The Balaban J connectivity index is 3.42. The third kappa shape index (κ3) is 18.8. The van der Waals surface area contributed by atoms with Crippen LogP contribution in [0.4, 0.5) is 0 Å². The van der Waals surface area contributed by atoms with Gasteiger partial charge in [0.1, 0.15) is 5.78 Å². The number of rotatable bonds is 18. The number of ketones is 1. The molecule has 8 heteroatoms. The monoisotopic (exact) mass is 402 g/mol. The molecule has 0 heterocycles. The molecule has 0 saturated carbocycles. The molecule has 0 unspecified atom stereocenters. The Morgan fingerprint density at radius 3 is 1.32 bits per heavy atom. The highest BCUT2D eigenvalue weighted by Crippen LogP contribution is 2.04. The molecule has 0 aromatic carbocycles. The van der Waals surface area contributed by atoms with Gasteiger partial charge >= 0.3 is 17.9 Å². The number of carbonyl (C=O) groups is 4. The lowest BCUT2D eigenvalue weighted by molar-refractivity contribution is -0.147. The van der Waals surface area contributed by atoms with Crippen molar-refractivity contribution < 1.29 is 38.1 Å². The Bertz CT molecular complexity index is 461. The minimum absolute atomic E-state index is 0.0429. The van der Waals surface area contributed by atoms with E-state index in [9.17, 15) is 19.2 Å². The lowest BCUT2D eigenvalue weighted by atomic mass is 10.2. The van der Waals surface area contributed by atoms with Gasteiger partial charge in [-0.1, -0.05) is 0 Å². The zero-order valence-corrected chi connectivity index (χ0v) is 17.2. The molecule has 0 aromatic rings. The van der Waals surface area contributed by atoms with Gasteiger partial charge < -0.3 is 23.7 Å². The van der Waals surface area contributed by atoms with Crippen LogP contribution in [0.5, 0.6) is 0 Å². The summed E-state index contributed by atoms with van der Waals surface area (Å²) in [7, 11) is 1.63. The van der Waals surface area contributed by atoms with Crippen molar-refractivity contribution >= 4 is 23.7 Å². The zero-order chi connectivity index (χ0) is 21.0. The Morgan fingerprint density at radius 1 is 0.536 bits per heavy atom. The van der Waals surface area contributed by atoms with Crippen molar-refractivity contribution in [2.45, 2.75) is 71.1 Å². The van der Waals surface area contributed by atoms with Gasteiger partial charge in [0.2, 0.25) is 0 Å². The standard InChI is InChI=1S/C20H34O8/c1-17(21)11-12-20(24)28-16-8-7-15-27-19(23)10-4-3-9-18(22)26-14-6-5-13-25-2/h3-16H2,1-2H3. The second kappa shape index (κ2) is 18.4. The topological polar surface area (TPSA) is 105 Å².